The summed E-state index contributed by atoms with van der Waals surface area (Å²) < 4.78 is 16.7. The van der Waals surface area contributed by atoms with Crippen molar-refractivity contribution in [2.45, 2.75) is 168 Å². The molecule has 6 heteroatoms. The molecule has 2 aromatic rings. The van der Waals surface area contributed by atoms with Gasteiger partial charge in [-0.2, -0.15) is 0 Å². The van der Waals surface area contributed by atoms with Gasteiger partial charge in [0, 0.05) is 6.42 Å². The van der Waals surface area contributed by atoms with E-state index in [1.807, 2.05) is 0 Å². The normalized spacial score (nSPS) is 11.0. The first-order valence-corrected chi connectivity index (χ1v) is 19.3. The minimum Gasteiger partial charge on any atom is -0.494 e. The van der Waals surface area contributed by atoms with E-state index in [0.29, 0.717) is 12.2 Å². The summed E-state index contributed by atoms with van der Waals surface area (Å²) in [6, 6.07) is 12.4. The second-order valence-electron chi connectivity index (χ2n) is 13.2. The average Bonchev–Trinajstić information content (AvgIpc) is 3.26. The van der Waals surface area contributed by atoms with Gasteiger partial charge >= 0.3 is 11.9 Å². The molecule has 0 fully saturated rings. The average molecular weight is 665 g/mol. The molecule has 0 saturated carbocycles. The number of benzene rings is 1. The lowest BCUT2D eigenvalue weighted by Gasteiger charge is -2.07. The van der Waals surface area contributed by atoms with E-state index < -0.39 is 17.4 Å². The minimum atomic E-state index is -0.546. The lowest BCUT2D eigenvalue weighted by molar-refractivity contribution is -0.134. The smallest absolute Gasteiger partial charge is 0.343 e. The molecule has 2 aromatic carbocycles. The maximum Gasteiger partial charge on any atom is 0.343 e. The number of unbranched alkanes of at least 4 members (excludes halogenated alkanes) is 21. The Hall–Kier alpha value is -3.15. The molecule has 0 aliphatic carbocycles. The van der Waals surface area contributed by atoms with Crippen molar-refractivity contribution in [2.75, 3.05) is 6.61 Å². The van der Waals surface area contributed by atoms with Crippen LogP contribution in [0.3, 0.4) is 0 Å². The van der Waals surface area contributed by atoms with Crippen molar-refractivity contribution in [1.29, 1.82) is 0 Å². The van der Waals surface area contributed by atoms with Gasteiger partial charge in [-0.1, -0.05) is 149 Å². The number of rotatable bonds is 29. The summed E-state index contributed by atoms with van der Waals surface area (Å²) in [4.78, 5) is 37.5. The molecule has 0 unspecified atom stereocenters. The van der Waals surface area contributed by atoms with Gasteiger partial charge in [0.15, 0.2) is 5.75 Å². The Labute approximate surface area is 291 Å². The van der Waals surface area contributed by atoms with E-state index in [-0.39, 0.29) is 17.9 Å². The van der Waals surface area contributed by atoms with Gasteiger partial charge < -0.3 is 14.2 Å². The molecule has 6 nitrogen and oxygen atoms in total. The molecule has 0 saturated heterocycles. The summed E-state index contributed by atoms with van der Waals surface area (Å²) in [5, 5.41) is 0. The van der Waals surface area contributed by atoms with E-state index in [2.05, 4.69) is 13.8 Å². The molecule has 2 rings (SSSR count). The van der Waals surface area contributed by atoms with E-state index in [9.17, 15) is 14.4 Å². The summed E-state index contributed by atoms with van der Waals surface area (Å²) in [6.07, 6.45) is 29.1. The fourth-order valence-corrected chi connectivity index (χ4v) is 5.78. The van der Waals surface area contributed by atoms with E-state index in [1.165, 1.54) is 146 Å². The quantitative estimate of drug-likeness (QED) is 0.0636. The van der Waals surface area contributed by atoms with E-state index in [0.717, 1.165) is 31.4 Å². The molecule has 0 heterocycles. The number of ether oxygens (including phenoxy) is 3. The van der Waals surface area contributed by atoms with Crippen LogP contribution in [0, 0.1) is 0 Å². The highest BCUT2D eigenvalue weighted by atomic mass is 16.5. The van der Waals surface area contributed by atoms with Crippen LogP contribution in [0.25, 0.3) is 0 Å². The standard InChI is InChI=1S/C42H64O6/c1-3-5-7-9-11-13-15-16-17-18-20-22-24-26-41(44)48-40-34-32-38(31-33-39(40)43)47-42(45)36-27-29-37(30-28-36)46-35-25-23-21-19-14-12-10-8-6-4-2/h27-34H,3-26,35H2,1-2H3. The molecule has 0 bridgehead atoms. The number of carbonyl (C=O) groups is 2. The van der Waals surface area contributed by atoms with Crippen molar-refractivity contribution >= 4 is 11.9 Å². The van der Waals surface area contributed by atoms with Crippen LogP contribution in [0.5, 0.6) is 17.2 Å². The fraction of sp³-hybridized carbons (Fsp3) is 0.643. The highest BCUT2D eigenvalue weighted by Crippen LogP contribution is 2.18. The number of hydrogen-bond donors (Lipinski definition) is 0. The maximum absolute atomic E-state index is 12.7. The van der Waals surface area contributed by atoms with Crippen LogP contribution in [-0.4, -0.2) is 18.5 Å². The lowest BCUT2D eigenvalue weighted by Crippen LogP contribution is -2.12. The monoisotopic (exact) mass is 664 g/mol. The highest BCUT2D eigenvalue weighted by molar-refractivity contribution is 5.91. The Bertz CT molecular complexity index is 1180. The van der Waals surface area contributed by atoms with Crippen LogP contribution >= 0.6 is 0 Å². The molecular weight excluding hydrogens is 600 g/mol. The molecule has 48 heavy (non-hydrogen) atoms. The molecule has 0 aliphatic rings. The predicted octanol–water partition coefficient (Wildman–Crippen LogP) is 12.0. The summed E-state index contributed by atoms with van der Waals surface area (Å²) in [5.41, 5.74) is -0.0699. The minimum absolute atomic E-state index is 0.0686. The Morgan fingerprint density at radius 3 is 1.44 bits per heavy atom. The third-order valence-electron chi connectivity index (χ3n) is 8.82. The van der Waals surface area contributed by atoms with Gasteiger partial charge in [-0.25, -0.2) is 4.79 Å². The lowest BCUT2D eigenvalue weighted by atomic mass is 10.0. The van der Waals surface area contributed by atoms with Crippen molar-refractivity contribution in [3.05, 3.63) is 64.3 Å². The van der Waals surface area contributed by atoms with Gasteiger partial charge in [-0.3, -0.25) is 9.59 Å². The van der Waals surface area contributed by atoms with Crippen LogP contribution in [-0.2, 0) is 4.79 Å². The van der Waals surface area contributed by atoms with Crippen molar-refractivity contribution in [3.63, 3.8) is 0 Å². The first-order chi connectivity index (χ1) is 23.5. The zero-order valence-corrected chi connectivity index (χ0v) is 30.2. The van der Waals surface area contributed by atoms with Crippen LogP contribution in [0.15, 0.2) is 53.3 Å². The summed E-state index contributed by atoms with van der Waals surface area (Å²) in [7, 11) is 0. The number of carbonyl (C=O) groups excluding carboxylic acids is 2. The van der Waals surface area contributed by atoms with Crippen molar-refractivity contribution < 1.29 is 23.8 Å². The van der Waals surface area contributed by atoms with Crippen LogP contribution < -0.4 is 19.6 Å². The number of esters is 2. The van der Waals surface area contributed by atoms with Gasteiger partial charge in [0.25, 0.3) is 0 Å². The molecule has 0 atom stereocenters. The molecule has 0 N–H and O–H groups in total. The second kappa shape index (κ2) is 27.8. The third kappa shape index (κ3) is 20.3. The molecule has 0 aliphatic heterocycles. The SMILES string of the molecule is CCCCCCCCCCCCCCCC(=O)Oc1ccc(OC(=O)c2ccc(OCCCCCCCCCCCC)cc2)ccc1=O. The number of hydrogen-bond acceptors (Lipinski definition) is 6. The van der Waals surface area contributed by atoms with Crippen molar-refractivity contribution in [1.82, 2.24) is 0 Å². The Kier molecular flexibility index (Phi) is 23.7. The van der Waals surface area contributed by atoms with Gasteiger partial charge in [-0.15, -0.1) is 0 Å². The Morgan fingerprint density at radius 1 is 0.479 bits per heavy atom. The molecular formula is C42H64O6. The van der Waals surface area contributed by atoms with Gasteiger partial charge in [0.05, 0.1) is 12.2 Å². The molecule has 268 valence electrons. The van der Waals surface area contributed by atoms with Crippen molar-refractivity contribution in [3.8, 4) is 17.2 Å². The summed E-state index contributed by atoms with van der Waals surface area (Å²) >= 11 is 0. The predicted molar refractivity (Wildman–Crippen MR) is 197 cm³/mol. The molecule has 0 amide bonds. The Balaban J connectivity index is 1.60. The van der Waals surface area contributed by atoms with E-state index >= 15 is 0 Å². The highest BCUT2D eigenvalue weighted by Gasteiger charge is 2.11. The van der Waals surface area contributed by atoms with Gasteiger partial charge in [-0.05, 0) is 61.4 Å². The van der Waals surface area contributed by atoms with Crippen LogP contribution in [0.4, 0.5) is 0 Å². The maximum atomic E-state index is 12.7. The molecule has 0 radical (unpaired) electrons. The zero-order chi connectivity index (χ0) is 34.5. The van der Waals surface area contributed by atoms with Crippen molar-refractivity contribution in [2.24, 2.45) is 0 Å². The topological polar surface area (TPSA) is 78.9 Å². The molecule has 0 spiro atoms. The van der Waals surface area contributed by atoms with Gasteiger partial charge in [0.2, 0.25) is 5.43 Å². The van der Waals surface area contributed by atoms with Gasteiger partial charge in [0.1, 0.15) is 11.5 Å². The fourth-order valence-electron chi connectivity index (χ4n) is 5.78. The van der Waals surface area contributed by atoms with Crippen LogP contribution in [0.1, 0.15) is 178 Å². The van der Waals surface area contributed by atoms with E-state index in [1.54, 1.807) is 24.3 Å². The largest absolute Gasteiger partial charge is 0.494 e. The third-order valence-corrected chi connectivity index (χ3v) is 8.82. The van der Waals surface area contributed by atoms with E-state index in [4.69, 9.17) is 14.2 Å². The zero-order valence-electron chi connectivity index (χ0n) is 30.2. The Morgan fingerprint density at radius 2 is 0.917 bits per heavy atom. The second-order valence-corrected chi connectivity index (χ2v) is 13.2. The summed E-state index contributed by atoms with van der Waals surface area (Å²) in [5.74, 6) is -0.126. The summed E-state index contributed by atoms with van der Waals surface area (Å²) in [6.45, 7) is 5.16. The van der Waals surface area contributed by atoms with Crippen LogP contribution in [0.2, 0.25) is 0 Å². The molecule has 0 aromatic heterocycles. The first kappa shape index (κ1) is 41.0. The first-order valence-electron chi connectivity index (χ1n) is 19.3.